The lowest BCUT2D eigenvalue weighted by Crippen LogP contribution is -2.23. The number of halogens is 1. The molecule has 1 atom stereocenters. The topological polar surface area (TPSA) is 55.1 Å². The van der Waals surface area contributed by atoms with Crippen molar-refractivity contribution in [1.82, 2.24) is 0 Å². The fourth-order valence-electron chi connectivity index (χ4n) is 1.66. The highest BCUT2D eigenvalue weighted by Crippen LogP contribution is 2.17. The highest BCUT2D eigenvalue weighted by molar-refractivity contribution is 6.30. The molecule has 0 fully saturated rings. The SMILES string of the molecule is CCC(CCCN)C(=O)Nc1ccc(Cl)cc1. The Labute approximate surface area is 107 Å². The van der Waals surface area contributed by atoms with Crippen LogP contribution in [0, 0.1) is 5.92 Å². The minimum absolute atomic E-state index is 0.0363. The molecule has 1 rings (SSSR count). The molecule has 1 unspecified atom stereocenters. The second-order valence-electron chi connectivity index (χ2n) is 4.03. The maximum Gasteiger partial charge on any atom is 0.227 e. The number of hydrogen-bond donors (Lipinski definition) is 2. The fraction of sp³-hybridized carbons (Fsp3) is 0.462. The zero-order valence-electron chi connectivity index (χ0n) is 10.1. The number of hydrogen-bond acceptors (Lipinski definition) is 2. The normalized spacial score (nSPS) is 12.2. The Morgan fingerprint density at radius 1 is 1.41 bits per heavy atom. The van der Waals surface area contributed by atoms with Crippen molar-refractivity contribution in [2.24, 2.45) is 11.7 Å². The smallest absolute Gasteiger partial charge is 0.227 e. The Kier molecular flexibility index (Phi) is 6.01. The lowest BCUT2D eigenvalue weighted by molar-refractivity contribution is -0.120. The molecule has 1 aromatic carbocycles. The number of rotatable bonds is 6. The van der Waals surface area contributed by atoms with E-state index in [-0.39, 0.29) is 11.8 Å². The van der Waals surface area contributed by atoms with Crippen LogP contribution >= 0.6 is 11.6 Å². The van der Waals surface area contributed by atoms with Gasteiger partial charge in [-0.2, -0.15) is 0 Å². The lowest BCUT2D eigenvalue weighted by Gasteiger charge is -2.14. The van der Waals surface area contributed by atoms with Crippen LogP contribution in [0.25, 0.3) is 0 Å². The molecule has 0 aliphatic rings. The predicted molar refractivity (Wildman–Crippen MR) is 72.2 cm³/mol. The van der Waals surface area contributed by atoms with E-state index in [1.165, 1.54) is 0 Å². The van der Waals surface area contributed by atoms with Crippen molar-refractivity contribution >= 4 is 23.2 Å². The van der Waals surface area contributed by atoms with Crippen LogP contribution in [0.1, 0.15) is 26.2 Å². The van der Waals surface area contributed by atoms with Gasteiger partial charge in [-0.05, 0) is 50.1 Å². The molecule has 4 heteroatoms. The van der Waals surface area contributed by atoms with Gasteiger partial charge in [0.2, 0.25) is 5.91 Å². The number of benzene rings is 1. The van der Waals surface area contributed by atoms with Gasteiger partial charge < -0.3 is 11.1 Å². The molecule has 0 aliphatic carbocycles. The first-order chi connectivity index (χ1) is 8.17. The van der Waals surface area contributed by atoms with Crippen LogP contribution in [0.4, 0.5) is 5.69 Å². The van der Waals surface area contributed by atoms with E-state index in [9.17, 15) is 4.79 Å². The molecule has 0 bridgehead atoms. The first-order valence-electron chi connectivity index (χ1n) is 5.94. The van der Waals surface area contributed by atoms with E-state index < -0.39 is 0 Å². The average molecular weight is 255 g/mol. The average Bonchev–Trinajstić information content (AvgIpc) is 2.33. The van der Waals surface area contributed by atoms with Crippen LogP contribution in [-0.2, 0) is 4.79 Å². The second kappa shape index (κ2) is 7.30. The van der Waals surface area contributed by atoms with Gasteiger partial charge in [0.05, 0.1) is 0 Å². The summed E-state index contributed by atoms with van der Waals surface area (Å²) in [5.74, 6) is 0.0949. The van der Waals surface area contributed by atoms with Gasteiger partial charge in [-0.3, -0.25) is 4.79 Å². The van der Waals surface area contributed by atoms with Gasteiger partial charge in [0.15, 0.2) is 0 Å². The summed E-state index contributed by atoms with van der Waals surface area (Å²) in [6.07, 6.45) is 2.55. The molecule has 0 radical (unpaired) electrons. The number of carbonyl (C=O) groups excluding carboxylic acids is 1. The molecule has 17 heavy (non-hydrogen) atoms. The maximum absolute atomic E-state index is 11.9. The standard InChI is InChI=1S/C13H19ClN2O/c1-2-10(4-3-9-15)13(17)16-12-7-5-11(14)6-8-12/h5-8,10H,2-4,9,15H2,1H3,(H,16,17). The van der Waals surface area contributed by atoms with Crippen molar-refractivity contribution < 1.29 is 4.79 Å². The van der Waals surface area contributed by atoms with E-state index in [0.717, 1.165) is 24.9 Å². The van der Waals surface area contributed by atoms with Crippen molar-refractivity contribution in [3.63, 3.8) is 0 Å². The molecule has 3 nitrogen and oxygen atoms in total. The van der Waals surface area contributed by atoms with Crippen molar-refractivity contribution in [2.45, 2.75) is 26.2 Å². The summed E-state index contributed by atoms with van der Waals surface area (Å²) in [6, 6.07) is 7.13. The van der Waals surface area contributed by atoms with Gasteiger partial charge in [0.25, 0.3) is 0 Å². The molecule has 94 valence electrons. The minimum atomic E-state index is 0.0363. The lowest BCUT2D eigenvalue weighted by atomic mass is 9.99. The molecule has 0 aliphatic heterocycles. The number of amides is 1. The molecule has 3 N–H and O–H groups in total. The Bertz CT molecular complexity index is 351. The van der Waals surface area contributed by atoms with Crippen LogP contribution in [0.3, 0.4) is 0 Å². The van der Waals surface area contributed by atoms with Gasteiger partial charge in [-0.25, -0.2) is 0 Å². The van der Waals surface area contributed by atoms with E-state index >= 15 is 0 Å². The van der Waals surface area contributed by atoms with Crippen LogP contribution in [0.2, 0.25) is 5.02 Å². The summed E-state index contributed by atoms with van der Waals surface area (Å²) in [7, 11) is 0. The Balaban J connectivity index is 2.54. The molecular weight excluding hydrogens is 236 g/mol. The van der Waals surface area contributed by atoms with E-state index in [4.69, 9.17) is 17.3 Å². The monoisotopic (exact) mass is 254 g/mol. The van der Waals surface area contributed by atoms with Gasteiger partial charge in [0, 0.05) is 16.6 Å². The van der Waals surface area contributed by atoms with Crippen LogP contribution in [0.5, 0.6) is 0 Å². The third-order valence-electron chi connectivity index (χ3n) is 2.73. The quantitative estimate of drug-likeness (QED) is 0.820. The fourth-order valence-corrected chi connectivity index (χ4v) is 1.79. The summed E-state index contributed by atoms with van der Waals surface area (Å²) in [6.45, 7) is 2.65. The number of carbonyl (C=O) groups is 1. The number of nitrogens with two attached hydrogens (primary N) is 1. The van der Waals surface area contributed by atoms with E-state index in [1.807, 2.05) is 6.92 Å². The van der Waals surface area contributed by atoms with Crippen molar-refractivity contribution in [3.8, 4) is 0 Å². The van der Waals surface area contributed by atoms with Crippen molar-refractivity contribution in [3.05, 3.63) is 29.3 Å². The number of nitrogens with one attached hydrogen (secondary N) is 1. The molecule has 0 spiro atoms. The van der Waals surface area contributed by atoms with E-state index in [2.05, 4.69) is 5.32 Å². The molecule has 1 amide bonds. The van der Waals surface area contributed by atoms with Gasteiger partial charge >= 0.3 is 0 Å². The number of anilines is 1. The highest BCUT2D eigenvalue weighted by atomic mass is 35.5. The first-order valence-corrected chi connectivity index (χ1v) is 6.31. The van der Waals surface area contributed by atoms with Crippen molar-refractivity contribution in [2.75, 3.05) is 11.9 Å². The van der Waals surface area contributed by atoms with Gasteiger partial charge in [-0.15, -0.1) is 0 Å². The summed E-state index contributed by atoms with van der Waals surface area (Å²) in [5.41, 5.74) is 6.24. The molecular formula is C13H19ClN2O. The summed E-state index contributed by atoms with van der Waals surface area (Å²) in [4.78, 5) is 11.9. The third-order valence-corrected chi connectivity index (χ3v) is 2.98. The maximum atomic E-state index is 11.9. The largest absolute Gasteiger partial charge is 0.330 e. The Morgan fingerprint density at radius 3 is 2.59 bits per heavy atom. The summed E-state index contributed by atoms with van der Waals surface area (Å²) in [5, 5.41) is 3.56. The van der Waals surface area contributed by atoms with Crippen molar-refractivity contribution in [1.29, 1.82) is 0 Å². The Morgan fingerprint density at radius 2 is 2.06 bits per heavy atom. The second-order valence-corrected chi connectivity index (χ2v) is 4.47. The molecule has 0 aromatic heterocycles. The predicted octanol–water partition coefficient (Wildman–Crippen LogP) is 3.04. The first kappa shape index (κ1) is 14.0. The van der Waals surface area contributed by atoms with Crippen LogP contribution in [-0.4, -0.2) is 12.5 Å². The minimum Gasteiger partial charge on any atom is -0.330 e. The summed E-state index contributed by atoms with van der Waals surface area (Å²) < 4.78 is 0. The van der Waals surface area contributed by atoms with Gasteiger partial charge in [-0.1, -0.05) is 18.5 Å². The van der Waals surface area contributed by atoms with E-state index in [1.54, 1.807) is 24.3 Å². The zero-order chi connectivity index (χ0) is 12.7. The molecule has 1 aromatic rings. The molecule has 0 saturated carbocycles. The highest BCUT2D eigenvalue weighted by Gasteiger charge is 2.15. The van der Waals surface area contributed by atoms with Gasteiger partial charge in [0.1, 0.15) is 0 Å². The molecule has 0 saturated heterocycles. The third kappa shape index (κ3) is 4.75. The summed E-state index contributed by atoms with van der Waals surface area (Å²) >= 11 is 5.78. The molecule has 0 heterocycles. The Hall–Kier alpha value is -1.06. The van der Waals surface area contributed by atoms with Crippen LogP contribution in [0.15, 0.2) is 24.3 Å². The zero-order valence-corrected chi connectivity index (χ0v) is 10.8. The van der Waals surface area contributed by atoms with Crippen LogP contribution < -0.4 is 11.1 Å². The van der Waals surface area contributed by atoms with E-state index in [0.29, 0.717) is 11.6 Å².